The quantitative estimate of drug-likeness (QED) is 0.0522. The predicted molar refractivity (Wildman–Crippen MR) is 184 cm³/mol. The van der Waals surface area contributed by atoms with Crippen LogP contribution in [0.1, 0.15) is 213 Å². The van der Waals surface area contributed by atoms with Crippen molar-refractivity contribution >= 4 is 11.8 Å². The second-order valence-electron chi connectivity index (χ2n) is 13.1. The summed E-state index contributed by atoms with van der Waals surface area (Å²) in [6.07, 6.45) is 36.0. The number of carbonyl (C=O) groups excluding carboxylic acids is 2. The highest BCUT2D eigenvalue weighted by atomic mass is 16.2. The van der Waals surface area contributed by atoms with Crippen molar-refractivity contribution in [1.82, 2.24) is 10.6 Å². The summed E-state index contributed by atoms with van der Waals surface area (Å²) in [5.74, 6) is 0.0734. The van der Waals surface area contributed by atoms with Gasteiger partial charge in [0.1, 0.15) is 5.66 Å². The molecular formula is C37H75N3O2. The lowest BCUT2D eigenvalue weighted by Gasteiger charge is -2.35. The molecule has 0 unspecified atom stereocenters. The molecule has 0 aliphatic carbocycles. The first-order chi connectivity index (χ1) is 20.5. The van der Waals surface area contributed by atoms with Crippen molar-refractivity contribution in [2.75, 3.05) is 6.54 Å². The predicted octanol–water partition coefficient (Wildman–Crippen LogP) is 10.6. The summed E-state index contributed by atoms with van der Waals surface area (Å²) in [6.45, 7) is 7.00. The summed E-state index contributed by atoms with van der Waals surface area (Å²) in [4.78, 5) is 25.5. The first-order valence-electron chi connectivity index (χ1n) is 18.9. The molecule has 5 nitrogen and oxygen atoms in total. The third kappa shape index (κ3) is 26.5. The molecule has 0 spiro atoms. The SMILES string of the molecule is CCCCCCCCCCCCCCCC(=O)NC(CC)(CCN)NC(=O)CCCCCCCCCCCCCCC. The number of hydrogen-bond acceptors (Lipinski definition) is 3. The number of rotatable bonds is 33. The van der Waals surface area contributed by atoms with Gasteiger partial charge >= 0.3 is 0 Å². The van der Waals surface area contributed by atoms with Crippen molar-refractivity contribution < 1.29 is 9.59 Å². The Kier molecular flexibility index (Phi) is 30.5. The third-order valence-electron chi connectivity index (χ3n) is 8.95. The number of unbranched alkanes of at least 4 members (excludes halogenated alkanes) is 24. The van der Waals surface area contributed by atoms with Crippen molar-refractivity contribution in [2.45, 2.75) is 219 Å². The smallest absolute Gasteiger partial charge is 0.221 e. The molecule has 4 N–H and O–H groups in total. The molecule has 0 saturated carbocycles. The summed E-state index contributed by atoms with van der Waals surface area (Å²) >= 11 is 0. The molecule has 0 saturated heterocycles. The average Bonchev–Trinajstić information content (AvgIpc) is 2.98. The van der Waals surface area contributed by atoms with Crippen LogP contribution in [-0.4, -0.2) is 24.0 Å². The van der Waals surface area contributed by atoms with Crippen LogP contribution in [0.25, 0.3) is 0 Å². The normalized spacial score (nSPS) is 11.6. The monoisotopic (exact) mass is 594 g/mol. The number of nitrogens with one attached hydrogen (secondary N) is 2. The first kappa shape index (κ1) is 40.9. The molecule has 0 rings (SSSR count). The molecule has 0 atom stereocenters. The number of carbonyl (C=O) groups is 2. The third-order valence-corrected chi connectivity index (χ3v) is 8.95. The van der Waals surface area contributed by atoms with Crippen molar-refractivity contribution in [3.05, 3.63) is 0 Å². The molecule has 0 fully saturated rings. The van der Waals surface area contributed by atoms with E-state index in [-0.39, 0.29) is 11.8 Å². The van der Waals surface area contributed by atoms with E-state index in [0.29, 0.717) is 32.2 Å². The molecule has 0 heterocycles. The van der Waals surface area contributed by atoms with Crippen LogP contribution in [0.5, 0.6) is 0 Å². The van der Waals surface area contributed by atoms with E-state index in [1.165, 1.54) is 141 Å². The molecule has 0 radical (unpaired) electrons. The molecule has 0 bridgehead atoms. The van der Waals surface area contributed by atoms with Gasteiger partial charge in [-0.2, -0.15) is 0 Å². The Bertz CT molecular complexity index is 552. The summed E-state index contributed by atoms with van der Waals surface area (Å²) < 4.78 is 0. The van der Waals surface area contributed by atoms with E-state index in [1.54, 1.807) is 0 Å². The zero-order valence-corrected chi connectivity index (χ0v) is 28.8. The van der Waals surface area contributed by atoms with Gasteiger partial charge in [-0.05, 0) is 25.8 Å². The van der Waals surface area contributed by atoms with Gasteiger partial charge in [0.25, 0.3) is 0 Å². The molecule has 0 aromatic heterocycles. The van der Waals surface area contributed by atoms with Crippen LogP contribution in [-0.2, 0) is 9.59 Å². The molecule has 0 aromatic carbocycles. The van der Waals surface area contributed by atoms with E-state index in [4.69, 9.17) is 5.73 Å². The molecule has 0 aliphatic rings. The van der Waals surface area contributed by atoms with Gasteiger partial charge in [0.05, 0.1) is 0 Å². The number of hydrogen-bond donors (Lipinski definition) is 3. The summed E-state index contributed by atoms with van der Waals surface area (Å²) in [5.41, 5.74) is 5.18. The van der Waals surface area contributed by atoms with E-state index in [0.717, 1.165) is 25.7 Å². The van der Waals surface area contributed by atoms with Crippen LogP contribution in [0, 0.1) is 0 Å². The van der Waals surface area contributed by atoms with Crippen LogP contribution in [0.15, 0.2) is 0 Å². The van der Waals surface area contributed by atoms with Crippen molar-refractivity contribution in [2.24, 2.45) is 5.73 Å². The maximum atomic E-state index is 12.8. The van der Waals surface area contributed by atoms with Crippen LogP contribution >= 0.6 is 0 Å². The fraction of sp³-hybridized carbons (Fsp3) is 0.946. The maximum Gasteiger partial charge on any atom is 0.221 e. The van der Waals surface area contributed by atoms with Gasteiger partial charge in [-0.15, -0.1) is 0 Å². The summed E-state index contributed by atoms with van der Waals surface area (Å²) in [5, 5.41) is 6.31. The minimum Gasteiger partial charge on any atom is -0.333 e. The largest absolute Gasteiger partial charge is 0.333 e. The second kappa shape index (κ2) is 31.3. The highest BCUT2D eigenvalue weighted by Crippen LogP contribution is 2.16. The highest BCUT2D eigenvalue weighted by Gasteiger charge is 2.30. The zero-order valence-electron chi connectivity index (χ0n) is 28.8. The molecule has 2 amide bonds. The molecule has 5 heteroatoms. The molecular weight excluding hydrogens is 518 g/mol. The van der Waals surface area contributed by atoms with Gasteiger partial charge in [0.15, 0.2) is 0 Å². The number of amides is 2. The summed E-state index contributed by atoms with van der Waals surface area (Å²) in [7, 11) is 0. The van der Waals surface area contributed by atoms with Gasteiger partial charge in [0.2, 0.25) is 11.8 Å². The fourth-order valence-electron chi connectivity index (χ4n) is 6.02. The van der Waals surface area contributed by atoms with Crippen molar-refractivity contribution in [3.8, 4) is 0 Å². The van der Waals surface area contributed by atoms with Crippen molar-refractivity contribution in [3.63, 3.8) is 0 Å². The molecule has 42 heavy (non-hydrogen) atoms. The Morgan fingerprint density at radius 1 is 0.452 bits per heavy atom. The van der Waals surface area contributed by atoms with Crippen LogP contribution in [0.3, 0.4) is 0 Å². The van der Waals surface area contributed by atoms with E-state index >= 15 is 0 Å². The average molecular weight is 594 g/mol. The number of nitrogens with two attached hydrogens (primary N) is 1. The lowest BCUT2D eigenvalue weighted by atomic mass is 10.0. The van der Waals surface area contributed by atoms with Gasteiger partial charge in [-0.1, -0.05) is 175 Å². The Hall–Kier alpha value is -1.10. The van der Waals surface area contributed by atoms with Gasteiger partial charge in [-0.25, -0.2) is 0 Å². The van der Waals surface area contributed by atoms with Gasteiger partial charge < -0.3 is 16.4 Å². The van der Waals surface area contributed by atoms with Crippen LogP contribution < -0.4 is 16.4 Å². The summed E-state index contributed by atoms with van der Waals surface area (Å²) in [6, 6.07) is 0. The van der Waals surface area contributed by atoms with E-state index in [9.17, 15) is 9.59 Å². The minimum absolute atomic E-state index is 0.0367. The Labute approximate surface area is 263 Å². The Balaban J connectivity index is 3.94. The van der Waals surface area contributed by atoms with Crippen LogP contribution in [0.4, 0.5) is 0 Å². The Morgan fingerprint density at radius 3 is 0.952 bits per heavy atom. The first-order valence-corrected chi connectivity index (χ1v) is 18.9. The second-order valence-corrected chi connectivity index (χ2v) is 13.1. The fourth-order valence-corrected chi connectivity index (χ4v) is 6.02. The van der Waals surface area contributed by atoms with Crippen LogP contribution in [0.2, 0.25) is 0 Å². The molecule has 250 valence electrons. The molecule has 0 aliphatic heterocycles. The topological polar surface area (TPSA) is 84.2 Å². The lowest BCUT2D eigenvalue weighted by Crippen LogP contribution is -2.61. The van der Waals surface area contributed by atoms with E-state index in [2.05, 4.69) is 24.5 Å². The lowest BCUT2D eigenvalue weighted by molar-refractivity contribution is -0.127. The van der Waals surface area contributed by atoms with Crippen molar-refractivity contribution in [1.29, 1.82) is 0 Å². The zero-order chi connectivity index (χ0) is 31.0. The molecule has 0 aromatic rings. The highest BCUT2D eigenvalue weighted by molar-refractivity contribution is 5.80. The van der Waals surface area contributed by atoms with E-state index in [1.807, 2.05) is 6.92 Å². The van der Waals surface area contributed by atoms with Gasteiger partial charge in [0, 0.05) is 19.3 Å². The minimum atomic E-state index is -0.712. The van der Waals surface area contributed by atoms with E-state index < -0.39 is 5.66 Å². The maximum absolute atomic E-state index is 12.8. The Morgan fingerprint density at radius 2 is 0.714 bits per heavy atom. The standard InChI is InChI=1S/C37H75N3O2/c1-4-7-9-11-13-15-17-19-21-23-25-27-29-31-35(41)39-37(6-3,33-34-38)40-36(42)32-30-28-26-24-22-20-18-16-14-12-10-8-5-2/h4-34,38H2,1-3H3,(H,39,41)(H,40,42). The van der Waals surface area contributed by atoms with Gasteiger partial charge in [-0.3, -0.25) is 9.59 Å².